The first-order valence-corrected chi connectivity index (χ1v) is 7.43. The fourth-order valence-corrected chi connectivity index (χ4v) is 3.45. The molecule has 3 rings (SSSR count). The number of nitrogens with zero attached hydrogens (tertiary/aromatic N) is 2. The number of hydrogen-bond donors (Lipinski definition) is 2. The second-order valence-electron chi connectivity index (χ2n) is 4.68. The van der Waals surface area contributed by atoms with Crippen molar-refractivity contribution in [2.24, 2.45) is 0 Å². The first-order valence-electron chi connectivity index (χ1n) is 6.55. The summed E-state index contributed by atoms with van der Waals surface area (Å²) in [5.74, 6) is 0.638. The lowest BCUT2D eigenvalue weighted by molar-refractivity contribution is 0.201. The predicted molar refractivity (Wildman–Crippen MR) is 93.8 cm³/mol. The van der Waals surface area contributed by atoms with E-state index in [0.717, 1.165) is 31.7 Å². The fourth-order valence-electron chi connectivity index (χ4n) is 2.58. The van der Waals surface area contributed by atoms with Crippen molar-refractivity contribution in [3.05, 3.63) is 46.3 Å². The number of piperazine rings is 1. The van der Waals surface area contributed by atoms with Gasteiger partial charge in [-0.25, -0.2) is 4.98 Å². The molecule has 4 nitrogen and oxygen atoms in total. The largest absolute Gasteiger partial charge is 0.383 e. The quantitative estimate of drug-likeness (QED) is 0.896. The van der Waals surface area contributed by atoms with Gasteiger partial charge in [0.1, 0.15) is 5.82 Å². The minimum Gasteiger partial charge on any atom is -0.383 e. The Kier molecular flexibility index (Phi) is 7.42. The van der Waals surface area contributed by atoms with Crippen LogP contribution in [-0.2, 0) is 0 Å². The van der Waals surface area contributed by atoms with Crippen molar-refractivity contribution >= 4 is 42.0 Å². The van der Waals surface area contributed by atoms with E-state index < -0.39 is 0 Å². The van der Waals surface area contributed by atoms with E-state index in [4.69, 9.17) is 5.73 Å². The Labute approximate surface area is 141 Å². The van der Waals surface area contributed by atoms with Gasteiger partial charge in [0.2, 0.25) is 0 Å². The van der Waals surface area contributed by atoms with E-state index in [0.29, 0.717) is 5.82 Å². The fraction of sp³-hybridized carbons (Fsp3) is 0.357. The molecule has 0 saturated carbocycles. The van der Waals surface area contributed by atoms with Crippen molar-refractivity contribution in [3.63, 3.8) is 0 Å². The summed E-state index contributed by atoms with van der Waals surface area (Å²) in [6.45, 7) is 4.14. The average molecular weight is 347 g/mol. The van der Waals surface area contributed by atoms with Crippen LogP contribution >= 0.6 is 36.2 Å². The summed E-state index contributed by atoms with van der Waals surface area (Å²) in [4.78, 5) is 8.06. The van der Waals surface area contributed by atoms with Gasteiger partial charge >= 0.3 is 0 Å². The number of nitrogens with two attached hydrogens (primary N) is 1. The summed E-state index contributed by atoms with van der Waals surface area (Å²) in [5, 5.41) is 5.52. The van der Waals surface area contributed by atoms with E-state index in [2.05, 4.69) is 38.8 Å². The van der Waals surface area contributed by atoms with Crippen molar-refractivity contribution in [2.75, 3.05) is 31.9 Å². The highest BCUT2D eigenvalue weighted by molar-refractivity contribution is 7.10. The highest BCUT2D eigenvalue weighted by Gasteiger charge is 2.26. The topological polar surface area (TPSA) is 54.2 Å². The van der Waals surface area contributed by atoms with Gasteiger partial charge in [0.25, 0.3) is 0 Å². The Morgan fingerprint density at radius 3 is 2.57 bits per heavy atom. The maximum absolute atomic E-state index is 6.09. The zero-order chi connectivity index (χ0) is 13.1. The molecule has 2 aromatic rings. The molecule has 116 valence electrons. The Bertz CT molecular complexity index is 530. The van der Waals surface area contributed by atoms with Crippen LogP contribution in [0.5, 0.6) is 0 Å². The van der Waals surface area contributed by atoms with Crippen LogP contribution in [0.2, 0.25) is 0 Å². The summed E-state index contributed by atoms with van der Waals surface area (Å²) < 4.78 is 0. The number of aromatic nitrogens is 1. The molecule has 1 fully saturated rings. The molecular weight excluding hydrogens is 327 g/mol. The third-order valence-electron chi connectivity index (χ3n) is 3.50. The van der Waals surface area contributed by atoms with Crippen molar-refractivity contribution in [1.29, 1.82) is 0 Å². The standard InChI is InChI=1S/C14H18N4S.2ClH/c15-14-11(3-1-5-17-14)13(12-4-2-10-19-12)18-8-6-16-7-9-18;;/h1-5,10,13,16H,6-9H2,(H2,15,17);2*1H/t13-;;/m1../s1. The zero-order valence-corrected chi connectivity index (χ0v) is 14.0. The van der Waals surface area contributed by atoms with Crippen LogP contribution < -0.4 is 11.1 Å². The van der Waals surface area contributed by atoms with Crippen molar-refractivity contribution in [1.82, 2.24) is 15.2 Å². The molecular formula is C14H20Cl2N4S. The van der Waals surface area contributed by atoms with Gasteiger partial charge in [-0.2, -0.15) is 0 Å². The van der Waals surface area contributed by atoms with Gasteiger partial charge in [-0.3, -0.25) is 4.90 Å². The van der Waals surface area contributed by atoms with E-state index in [1.54, 1.807) is 17.5 Å². The minimum atomic E-state index is 0. The molecule has 0 amide bonds. The maximum Gasteiger partial charge on any atom is 0.128 e. The molecule has 0 spiro atoms. The number of nitrogens with one attached hydrogen (secondary N) is 1. The third kappa shape index (κ3) is 4.08. The third-order valence-corrected chi connectivity index (χ3v) is 4.42. The van der Waals surface area contributed by atoms with Crippen LogP contribution in [0.15, 0.2) is 35.8 Å². The van der Waals surface area contributed by atoms with E-state index in [-0.39, 0.29) is 30.9 Å². The molecule has 3 heterocycles. The van der Waals surface area contributed by atoms with Crippen molar-refractivity contribution in [3.8, 4) is 0 Å². The lowest BCUT2D eigenvalue weighted by Gasteiger charge is -2.35. The Balaban J connectivity index is 0.00000110. The van der Waals surface area contributed by atoms with Gasteiger partial charge in [-0.15, -0.1) is 36.2 Å². The molecule has 0 aromatic carbocycles. The second kappa shape index (κ2) is 8.56. The predicted octanol–water partition coefficient (Wildman–Crippen LogP) is 2.56. The van der Waals surface area contributed by atoms with Gasteiger partial charge in [0, 0.05) is 42.8 Å². The first kappa shape index (κ1) is 18.2. The van der Waals surface area contributed by atoms with Crippen LogP contribution in [0.4, 0.5) is 5.82 Å². The van der Waals surface area contributed by atoms with Crippen LogP contribution in [0.1, 0.15) is 16.5 Å². The van der Waals surface area contributed by atoms with Crippen LogP contribution in [0.3, 0.4) is 0 Å². The molecule has 7 heteroatoms. The molecule has 3 N–H and O–H groups in total. The summed E-state index contributed by atoms with van der Waals surface area (Å²) >= 11 is 1.78. The molecule has 2 aromatic heterocycles. The molecule has 1 aliphatic heterocycles. The molecule has 1 atom stereocenters. The Morgan fingerprint density at radius 1 is 1.19 bits per heavy atom. The number of halogens is 2. The lowest BCUT2D eigenvalue weighted by Crippen LogP contribution is -2.45. The molecule has 1 saturated heterocycles. The molecule has 0 aliphatic carbocycles. The highest BCUT2D eigenvalue weighted by Crippen LogP contribution is 2.33. The first-order chi connectivity index (χ1) is 9.36. The summed E-state index contributed by atoms with van der Waals surface area (Å²) in [6.07, 6.45) is 1.75. The average Bonchev–Trinajstić information content (AvgIpc) is 2.96. The maximum atomic E-state index is 6.09. The highest BCUT2D eigenvalue weighted by atomic mass is 35.5. The number of rotatable bonds is 3. The van der Waals surface area contributed by atoms with Crippen molar-refractivity contribution in [2.45, 2.75) is 6.04 Å². The summed E-state index contributed by atoms with van der Waals surface area (Å²) in [7, 11) is 0. The SMILES string of the molecule is Cl.Cl.Nc1ncccc1[C@H](c1cccs1)N1CCNCC1. The number of hydrogen-bond acceptors (Lipinski definition) is 5. The number of nitrogen functional groups attached to an aromatic ring is 1. The number of anilines is 1. The minimum absolute atomic E-state index is 0. The second-order valence-corrected chi connectivity index (χ2v) is 5.66. The summed E-state index contributed by atoms with van der Waals surface area (Å²) in [5.41, 5.74) is 7.20. The smallest absolute Gasteiger partial charge is 0.128 e. The Hall–Kier alpha value is -0.850. The normalized spacial score (nSPS) is 16.6. The number of pyridine rings is 1. The van der Waals surface area contributed by atoms with Gasteiger partial charge in [0.05, 0.1) is 6.04 Å². The summed E-state index contributed by atoms with van der Waals surface area (Å²) in [6, 6.07) is 8.57. The van der Waals surface area contributed by atoms with Crippen LogP contribution in [0.25, 0.3) is 0 Å². The van der Waals surface area contributed by atoms with Gasteiger partial charge < -0.3 is 11.1 Å². The van der Waals surface area contributed by atoms with Gasteiger partial charge in [-0.1, -0.05) is 12.1 Å². The van der Waals surface area contributed by atoms with Crippen molar-refractivity contribution < 1.29 is 0 Å². The van der Waals surface area contributed by atoms with E-state index in [1.165, 1.54) is 4.88 Å². The van der Waals surface area contributed by atoms with Crippen LogP contribution in [-0.4, -0.2) is 36.1 Å². The monoisotopic (exact) mass is 346 g/mol. The van der Waals surface area contributed by atoms with E-state index >= 15 is 0 Å². The van der Waals surface area contributed by atoms with E-state index in [1.807, 2.05) is 6.07 Å². The molecule has 21 heavy (non-hydrogen) atoms. The van der Waals surface area contributed by atoms with Crippen LogP contribution in [0, 0.1) is 0 Å². The number of thiophene rings is 1. The van der Waals surface area contributed by atoms with E-state index in [9.17, 15) is 0 Å². The molecule has 1 aliphatic rings. The molecule has 0 radical (unpaired) electrons. The van der Waals surface area contributed by atoms with Gasteiger partial charge in [-0.05, 0) is 17.5 Å². The molecule has 0 unspecified atom stereocenters. The molecule has 0 bridgehead atoms. The lowest BCUT2D eigenvalue weighted by atomic mass is 10.0. The van der Waals surface area contributed by atoms with Gasteiger partial charge in [0.15, 0.2) is 0 Å². The zero-order valence-electron chi connectivity index (χ0n) is 11.6. The Morgan fingerprint density at radius 2 is 1.95 bits per heavy atom.